The molecule has 1 unspecified atom stereocenters. The Morgan fingerprint density at radius 1 is 1.42 bits per heavy atom. The van der Waals surface area contributed by atoms with E-state index in [1.807, 2.05) is 13.0 Å². The Bertz CT molecular complexity index is 556. The molecule has 2 rings (SSSR count). The lowest BCUT2D eigenvalue weighted by molar-refractivity contribution is 0.482. The highest BCUT2D eigenvalue weighted by Gasteiger charge is 2.18. The Labute approximate surface area is 120 Å². The summed E-state index contributed by atoms with van der Waals surface area (Å²) in [4.78, 5) is 0. The highest BCUT2D eigenvalue weighted by atomic mass is 79.9. The standard InChI is InChI=1S/C14H16BrFN2O/c1-2-14-11(5-6-19-14)13(18-17)8-9-7-10(15)3-4-12(9)16/h3-7,13,18H,2,8,17H2,1H3. The molecule has 2 aromatic rings. The molecule has 102 valence electrons. The van der Waals surface area contributed by atoms with Crippen molar-refractivity contribution < 1.29 is 8.81 Å². The molecule has 0 saturated heterocycles. The first-order valence-electron chi connectivity index (χ1n) is 6.12. The van der Waals surface area contributed by atoms with Crippen LogP contribution < -0.4 is 11.3 Å². The number of halogens is 2. The van der Waals surface area contributed by atoms with Gasteiger partial charge in [-0.1, -0.05) is 22.9 Å². The van der Waals surface area contributed by atoms with Crippen LogP contribution in [0.2, 0.25) is 0 Å². The number of aryl methyl sites for hydroxylation is 1. The van der Waals surface area contributed by atoms with Crippen molar-refractivity contribution in [1.82, 2.24) is 5.43 Å². The van der Waals surface area contributed by atoms with Gasteiger partial charge in [-0.3, -0.25) is 11.3 Å². The quantitative estimate of drug-likeness (QED) is 0.653. The van der Waals surface area contributed by atoms with Crippen molar-refractivity contribution in [2.24, 2.45) is 5.84 Å². The van der Waals surface area contributed by atoms with Crippen molar-refractivity contribution in [1.29, 1.82) is 0 Å². The van der Waals surface area contributed by atoms with E-state index in [0.29, 0.717) is 12.0 Å². The van der Waals surface area contributed by atoms with Gasteiger partial charge in [0.2, 0.25) is 0 Å². The van der Waals surface area contributed by atoms with Gasteiger partial charge in [-0.05, 0) is 36.2 Å². The molecule has 1 atom stereocenters. The maximum Gasteiger partial charge on any atom is 0.126 e. The number of hydrogen-bond donors (Lipinski definition) is 2. The van der Waals surface area contributed by atoms with E-state index in [0.717, 1.165) is 22.2 Å². The smallest absolute Gasteiger partial charge is 0.126 e. The zero-order chi connectivity index (χ0) is 13.8. The van der Waals surface area contributed by atoms with Crippen LogP contribution in [-0.2, 0) is 12.8 Å². The lowest BCUT2D eigenvalue weighted by atomic mass is 9.98. The molecule has 0 amide bonds. The molecule has 0 spiro atoms. The zero-order valence-electron chi connectivity index (χ0n) is 10.6. The summed E-state index contributed by atoms with van der Waals surface area (Å²) >= 11 is 3.35. The summed E-state index contributed by atoms with van der Waals surface area (Å²) in [5.74, 6) is 6.24. The number of hydrogen-bond acceptors (Lipinski definition) is 3. The van der Waals surface area contributed by atoms with Gasteiger partial charge in [0.25, 0.3) is 0 Å². The predicted molar refractivity (Wildman–Crippen MR) is 76.0 cm³/mol. The molecule has 0 bridgehead atoms. The first-order valence-corrected chi connectivity index (χ1v) is 6.91. The Balaban J connectivity index is 2.26. The van der Waals surface area contributed by atoms with Crippen LogP contribution in [0.4, 0.5) is 4.39 Å². The van der Waals surface area contributed by atoms with Gasteiger partial charge in [-0.25, -0.2) is 4.39 Å². The lowest BCUT2D eigenvalue weighted by Gasteiger charge is -2.16. The van der Waals surface area contributed by atoms with Crippen LogP contribution in [0.5, 0.6) is 0 Å². The van der Waals surface area contributed by atoms with E-state index < -0.39 is 0 Å². The number of hydrazine groups is 1. The third-order valence-electron chi connectivity index (χ3n) is 3.11. The molecule has 1 heterocycles. The molecular formula is C14H16BrFN2O. The second kappa shape index (κ2) is 6.32. The number of benzene rings is 1. The van der Waals surface area contributed by atoms with Crippen LogP contribution in [0.3, 0.4) is 0 Å². The van der Waals surface area contributed by atoms with E-state index in [-0.39, 0.29) is 11.9 Å². The molecule has 0 saturated carbocycles. The Kier molecular flexibility index (Phi) is 4.74. The number of nitrogens with one attached hydrogen (secondary N) is 1. The molecular weight excluding hydrogens is 311 g/mol. The fraction of sp³-hybridized carbons (Fsp3) is 0.286. The molecule has 1 aromatic heterocycles. The molecule has 0 fully saturated rings. The van der Waals surface area contributed by atoms with Crippen molar-refractivity contribution in [2.75, 3.05) is 0 Å². The van der Waals surface area contributed by atoms with Crippen LogP contribution in [0.25, 0.3) is 0 Å². The molecule has 0 radical (unpaired) electrons. The molecule has 3 N–H and O–H groups in total. The van der Waals surface area contributed by atoms with Gasteiger partial charge in [-0.15, -0.1) is 0 Å². The van der Waals surface area contributed by atoms with Gasteiger partial charge in [0.05, 0.1) is 12.3 Å². The number of rotatable bonds is 5. The van der Waals surface area contributed by atoms with Gasteiger partial charge in [-0.2, -0.15) is 0 Å². The summed E-state index contributed by atoms with van der Waals surface area (Å²) in [7, 11) is 0. The number of nitrogens with two attached hydrogens (primary N) is 1. The molecule has 1 aromatic carbocycles. The minimum Gasteiger partial charge on any atom is -0.469 e. The van der Waals surface area contributed by atoms with E-state index in [4.69, 9.17) is 10.3 Å². The first-order chi connectivity index (χ1) is 9.15. The third-order valence-corrected chi connectivity index (χ3v) is 3.60. The van der Waals surface area contributed by atoms with Crippen LogP contribution in [0.1, 0.15) is 29.9 Å². The zero-order valence-corrected chi connectivity index (χ0v) is 12.2. The van der Waals surface area contributed by atoms with Crippen molar-refractivity contribution in [3.05, 3.63) is 57.7 Å². The Morgan fingerprint density at radius 3 is 2.89 bits per heavy atom. The van der Waals surface area contributed by atoms with Crippen molar-refractivity contribution >= 4 is 15.9 Å². The van der Waals surface area contributed by atoms with E-state index >= 15 is 0 Å². The van der Waals surface area contributed by atoms with Crippen molar-refractivity contribution in [2.45, 2.75) is 25.8 Å². The molecule has 3 nitrogen and oxygen atoms in total. The summed E-state index contributed by atoms with van der Waals surface area (Å²) in [5.41, 5.74) is 4.32. The molecule has 0 aliphatic carbocycles. The van der Waals surface area contributed by atoms with Gasteiger partial charge in [0, 0.05) is 16.5 Å². The second-order valence-electron chi connectivity index (χ2n) is 4.31. The van der Waals surface area contributed by atoms with Crippen LogP contribution >= 0.6 is 15.9 Å². The predicted octanol–water partition coefficient (Wildman–Crippen LogP) is 3.49. The first kappa shape index (κ1) is 14.2. The van der Waals surface area contributed by atoms with E-state index in [9.17, 15) is 4.39 Å². The molecule has 0 aliphatic rings. The highest BCUT2D eigenvalue weighted by Crippen LogP contribution is 2.25. The van der Waals surface area contributed by atoms with Crippen LogP contribution in [-0.4, -0.2) is 0 Å². The second-order valence-corrected chi connectivity index (χ2v) is 5.23. The van der Waals surface area contributed by atoms with Crippen LogP contribution in [0, 0.1) is 5.82 Å². The fourth-order valence-corrected chi connectivity index (χ4v) is 2.54. The van der Waals surface area contributed by atoms with E-state index in [1.165, 1.54) is 6.07 Å². The van der Waals surface area contributed by atoms with Gasteiger partial charge in [0.15, 0.2) is 0 Å². The van der Waals surface area contributed by atoms with E-state index in [1.54, 1.807) is 18.4 Å². The highest BCUT2D eigenvalue weighted by molar-refractivity contribution is 9.10. The average Bonchev–Trinajstić information content (AvgIpc) is 2.88. The van der Waals surface area contributed by atoms with Crippen molar-refractivity contribution in [3.63, 3.8) is 0 Å². The molecule has 5 heteroatoms. The SMILES string of the molecule is CCc1occc1C(Cc1cc(Br)ccc1F)NN. The maximum absolute atomic E-state index is 13.8. The number of furan rings is 1. The largest absolute Gasteiger partial charge is 0.469 e. The third kappa shape index (κ3) is 3.23. The van der Waals surface area contributed by atoms with E-state index in [2.05, 4.69) is 21.4 Å². The van der Waals surface area contributed by atoms with Gasteiger partial charge >= 0.3 is 0 Å². The Morgan fingerprint density at radius 2 is 2.21 bits per heavy atom. The summed E-state index contributed by atoms with van der Waals surface area (Å²) < 4.78 is 20.0. The van der Waals surface area contributed by atoms with Gasteiger partial charge < -0.3 is 4.42 Å². The normalized spacial score (nSPS) is 12.6. The minimum absolute atomic E-state index is 0.169. The Hall–Kier alpha value is -1.17. The van der Waals surface area contributed by atoms with Crippen molar-refractivity contribution in [3.8, 4) is 0 Å². The summed E-state index contributed by atoms with van der Waals surface area (Å²) in [5, 5.41) is 0. The topological polar surface area (TPSA) is 51.2 Å². The minimum atomic E-state index is -0.231. The monoisotopic (exact) mass is 326 g/mol. The van der Waals surface area contributed by atoms with Gasteiger partial charge in [0.1, 0.15) is 11.6 Å². The van der Waals surface area contributed by atoms with Crippen LogP contribution in [0.15, 0.2) is 39.4 Å². The lowest BCUT2D eigenvalue weighted by Crippen LogP contribution is -2.30. The maximum atomic E-state index is 13.8. The summed E-state index contributed by atoms with van der Waals surface area (Å²) in [6.07, 6.45) is 2.88. The fourth-order valence-electron chi connectivity index (χ4n) is 2.13. The average molecular weight is 327 g/mol. The summed E-state index contributed by atoms with van der Waals surface area (Å²) in [6.45, 7) is 2.01. The summed E-state index contributed by atoms with van der Waals surface area (Å²) in [6, 6.07) is 6.60. The molecule has 0 aliphatic heterocycles. The molecule has 19 heavy (non-hydrogen) atoms.